The van der Waals surface area contributed by atoms with Crippen LogP contribution in [0.5, 0.6) is 0 Å². The van der Waals surface area contributed by atoms with Gasteiger partial charge in [0.1, 0.15) is 0 Å². The van der Waals surface area contributed by atoms with Gasteiger partial charge in [-0.3, -0.25) is 0 Å². The summed E-state index contributed by atoms with van der Waals surface area (Å²) in [5.74, 6) is 0. The van der Waals surface area contributed by atoms with Crippen molar-refractivity contribution in [1.82, 2.24) is 0 Å². The average Bonchev–Trinajstić information content (AvgIpc) is 2.36. The molecule has 2 aromatic rings. The van der Waals surface area contributed by atoms with Crippen molar-refractivity contribution in [2.45, 2.75) is 6.42 Å². The van der Waals surface area contributed by atoms with Crippen LogP contribution in [0.3, 0.4) is 0 Å². The van der Waals surface area contributed by atoms with Crippen LogP contribution in [0.2, 0.25) is 10.0 Å². The van der Waals surface area contributed by atoms with Gasteiger partial charge < -0.3 is 16.8 Å². The number of nitrogens with two attached hydrogens (primary N) is 2. The lowest BCUT2D eigenvalue weighted by Crippen LogP contribution is -2.06. The Bertz CT molecular complexity index is 585. The van der Waals surface area contributed by atoms with Crippen LogP contribution in [0.25, 0.3) is 0 Å². The molecule has 0 aromatic heterocycles. The maximum absolute atomic E-state index is 6.11. The van der Waals surface area contributed by atoms with Crippen molar-refractivity contribution in [3.8, 4) is 0 Å². The van der Waals surface area contributed by atoms with E-state index < -0.39 is 0 Å². The fourth-order valence-electron chi connectivity index (χ4n) is 1.75. The van der Waals surface area contributed by atoms with Crippen LogP contribution in [-0.4, -0.2) is 6.54 Å². The molecule has 0 radical (unpaired) electrons. The van der Waals surface area contributed by atoms with E-state index in [4.69, 9.17) is 34.7 Å². The van der Waals surface area contributed by atoms with Crippen LogP contribution >= 0.6 is 23.2 Å². The molecular weight excluding hydrogens is 281 g/mol. The zero-order valence-corrected chi connectivity index (χ0v) is 11.8. The van der Waals surface area contributed by atoms with Crippen LogP contribution in [0.15, 0.2) is 36.4 Å². The van der Waals surface area contributed by atoms with E-state index in [1.165, 1.54) is 0 Å². The molecule has 100 valence electrons. The second-order valence-corrected chi connectivity index (χ2v) is 5.10. The first-order chi connectivity index (χ1) is 9.06. The van der Waals surface area contributed by atoms with Gasteiger partial charge in [0.25, 0.3) is 0 Å². The van der Waals surface area contributed by atoms with Crippen LogP contribution in [0.1, 0.15) is 5.56 Å². The number of nitrogen functional groups attached to an aromatic ring is 2. The van der Waals surface area contributed by atoms with E-state index in [-0.39, 0.29) is 0 Å². The number of hydrogen-bond acceptors (Lipinski definition) is 3. The summed E-state index contributed by atoms with van der Waals surface area (Å²) in [6.45, 7) is 0.755. The Morgan fingerprint density at radius 1 is 0.947 bits per heavy atom. The highest BCUT2D eigenvalue weighted by Gasteiger charge is 2.02. The van der Waals surface area contributed by atoms with Crippen molar-refractivity contribution in [1.29, 1.82) is 0 Å². The summed E-state index contributed by atoms with van der Waals surface area (Å²) in [5.41, 5.74) is 14.6. The quantitative estimate of drug-likeness (QED) is 0.752. The second-order valence-electron chi connectivity index (χ2n) is 4.26. The molecule has 0 saturated heterocycles. The molecule has 3 nitrogen and oxygen atoms in total. The standard InChI is InChI=1S/C14H15Cl2N3/c15-10-2-1-9(12(16)7-10)5-6-19-11-3-4-13(17)14(18)8-11/h1-4,7-8,19H,5-6,17-18H2. The lowest BCUT2D eigenvalue weighted by Gasteiger charge is -2.09. The van der Waals surface area contributed by atoms with E-state index >= 15 is 0 Å². The zero-order chi connectivity index (χ0) is 13.8. The van der Waals surface area contributed by atoms with Gasteiger partial charge in [-0.05, 0) is 42.3 Å². The van der Waals surface area contributed by atoms with E-state index in [0.29, 0.717) is 21.4 Å². The maximum atomic E-state index is 6.11. The Kier molecular flexibility index (Phi) is 4.40. The number of nitrogens with one attached hydrogen (secondary N) is 1. The molecule has 0 atom stereocenters. The molecule has 5 N–H and O–H groups in total. The molecule has 0 bridgehead atoms. The van der Waals surface area contributed by atoms with E-state index in [0.717, 1.165) is 24.2 Å². The van der Waals surface area contributed by atoms with Gasteiger partial charge in [-0.2, -0.15) is 0 Å². The number of halogens is 2. The Morgan fingerprint density at radius 2 is 1.74 bits per heavy atom. The van der Waals surface area contributed by atoms with Gasteiger partial charge >= 0.3 is 0 Å². The van der Waals surface area contributed by atoms with Gasteiger partial charge in [-0.15, -0.1) is 0 Å². The summed E-state index contributed by atoms with van der Waals surface area (Å²) in [4.78, 5) is 0. The third kappa shape index (κ3) is 3.69. The maximum Gasteiger partial charge on any atom is 0.0568 e. The van der Waals surface area contributed by atoms with E-state index in [9.17, 15) is 0 Å². The highest BCUT2D eigenvalue weighted by molar-refractivity contribution is 6.35. The molecule has 0 aliphatic carbocycles. The molecule has 0 unspecified atom stereocenters. The number of anilines is 3. The smallest absolute Gasteiger partial charge is 0.0568 e. The molecule has 0 fully saturated rings. The van der Waals surface area contributed by atoms with E-state index in [1.807, 2.05) is 24.3 Å². The normalized spacial score (nSPS) is 10.4. The van der Waals surface area contributed by atoms with Crippen LogP contribution in [0, 0.1) is 0 Å². The monoisotopic (exact) mass is 295 g/mol. The Balaban J connectivity index is 1.94. The van der Waals surface area contributed by atoms with Gasteiger partial charge in [0.05, 0.1) is 11.4 Å². The number of rotatable bonds is 4. The van der Waals surface area contributed by atoms with Crippen molar-refractivity contribution in [2.24, 2.45) is 0 Å². The van der Waals surface area contributed by atoms with Gasteiger partial charge in [-0.1, -0.05) is 29.3 Å². The molecule has 0 spiro atoms. The molecule has 0 heterocycles. The molecule has 2 rings (SSSR count). The van der Waals surface area contributed by atoms with E-state index in [1.54, 1.807) is 12.1 Å². The highest BCUT2D eigenvalue weighted by Crippen LogP contribution is 2.22. The first kappa shape index (κ1) is 13.8. The third-order valence-corrected chi connectivity index (χ3v) is 3.41. The number of benzene rings is 2. The lowest BCUT2D eigenvalue weighted by atomic mass is 10.1. The van der Waals surface area contributed by atoms with Gasteiger partial charge in [0, 0.05) is 22.3 Å². The van der Waals surface area contributed by atoms with Crippen molar-refractivity contribution in [2.75, 3.05) is 23.3 Å². The average molecular weight is 296 g/mol. The van der Waals surface area contributed by atoms with Crippen LogP contribution < -0.4 is 16.8 Å². The molecule has 0 amide bonds. The van der Waals surface area contributed by atoms with Crippen LogP contribution in [0.4, 0.5) is 17.1 Å². The molecule has 5 heteroatoms. The second kappa shape index (κ2) is 6.04. The van der Waals surface area contributed by atoms with Gasteiger partial charge in [0.15, 0.2) is 0 Å². The fourth-order valence-corrected chi connectivity index (χ4v) is 2.25. The molecular formula is C14H15Cl2N3. The fraction of sp³-hybridized carbons (Fsp3) is 0.143. The summed E-state index contributed by atoms with van der Waals surface area (Å²) in [6, 6.07) is 11.0. The lowest BCUT2D eigenvalue weighted by molar-refractivity contribution is 1.02. The molecule has 19 heavy (non-hydrogen) atoms. The minimum Gasteiger partial charge on any atom is -0.397 e. The topological polar surface area (TPSA) is 64.1 Å². The van der Waals surface area contributed by atoms with Crippen LogP contribution in [-0.2, 0) is 6.42 Å². The van der Waals surface area contributed by atoms with Crippen molar-refractivity contribution >= 4 is 40.3 Å². The highest BCUT2D eigenvalue weighted by atomic mass is 35.5. The minimum absolute atomic E-state index is 0.578. The largest absolute Gasteiger partial charge is 0.397 e. The minimum atomic E-state index is 0.578. The van der Waals surface area contributed by atoms with Crippen molar-refractivity contribution in [3.05, 3.63) is 52.0 Å². The zero-order valence-electron chi connectivity index (χ0n) is 10.3. The Morgan fingerprint density at radius 3 is 2.42 bits per heavy atom. The summed E-state index contributed by atoms with van der Waals surface area (Å²) < 4.78 is 0. The SMILES string of the molecule is Nc1ccc(NCCc2ccc(Cl)cc2Cl)cc1N. The summed E-state index contributed by atoms with van der Waals surface area (Å²) in [7, 11) is 0. The summed E-state index contributed by atoms with van der Waals surface area (Å²) in [6.07, 6.45) is 0.806. The predicted molar refractivity (Wildman–Crippen MR) is 83.9 cm³/mol. The molecule has 0 saturated carbocycles. The third-order valence-electron chi connectivity index (χ3n) is 2.83. The molecule has 2 aromatic carbocycles. The van der Waals surface area contributed by atoms with Crippen molar-refractivity contribution < 1.29 is 0 Å². The van der Waals surface area contributed by atoms with E-state index in [2.05, 4.69) is 5.32 Å². The van der Waals surface area contributed by atoms with Crippen molar-refractivity contribution in [3.63, 3.8) is 0 Å². The summed E-state index contributed by atoms with van der Waals surface area (Å²) in [5, 5.41) is 4.61. The number of hydrogen-bond donors (Lipinski definition) is 3. The first-order valence-corrected chi connectivity index (χ1v) is 6.64. The Labute approximate surface area is 122 Å². The molecule has 0 aliphatic heterocycles. The molecule has 0 aliphatic rings. The summed E-state index contributed by atoms with van der Waals surface area (Å²) >= 11 is 12.0. The van der Waals surface area contributed by atoms with Gasteiger partial charge in [0.2, 0.25) is 0 Å². The Hall–Kier alpha value is -1.58. The van der Waals surface area contributed by atoms with Gasteiger partial charge in [-0.25, -0.2) is 0 Å². The first-order valence-electron chi connectivity index (χ1n) is 5.89. The predicted octanol–water partition coefficient (Wildman–Crippen LogP) is 3.81.